The van der Waals surface area contributed by atoms with Crippen molar-refractivity contribution in [1.82, 2.24) is 19.4 Å². The molecule has 0 fully saturated rings. The number of carbonyl (C=O) groups excluding carboxylic acids is 2. The minimum absolute atomic E-state index is 0.0616. The zero-order valence-electron chi connectivity index (χ0n) is 22.8. The summed E-state index contributed by atoms with van der Waals surface area (Å²) >= 11 is 0. The second-order valence-electron chi connectivity index (χ2n) is 9.64. The smallest absolute Gasteiger partial charge is 0.350 e. The zero-order valence-corrected chi connectivity index (χ0v) is 22.8. The molecule has 0 spiro atoms. The number of halogens is 3. The molecule has 9 nitrogen and oxygen atoms in total. The standard InChI is InChI=1S/C28H30F3N7O2/c1-17(39)33-23-14-19(10-11-25(23)38(18(2)40)13-12-36(3)4)34-27-32-15-22(28(29,30)31)26(35-27)21-16-37(5)24-9-7-6-8-20(21)24/h6-11,14-16H,12-13H2,1-5H3,(H,33,39)(H,32,34,35). The number of hydrogen-bond acceptors (Lipinski definition) is 6. The third-order valence-electron chi connectivity index (χ3n) is 6.25. The Morgan fingerprint density at radius 3 is 2.42 bits per heavy atom. The number of amides is 2. The van der Waals surface area contributed by atoms with E-state index in [9.17, 15) is 22.8 Å². The summed E-state index contributed by atoms with van der Waals surface area (Å²) in [6, 6.07) is 12.0. The molecule has 0 radical (unpaired) electrons. The minimum Gasteiger partial charge on any atom is -0.350 e. The third kappa shape index (κ3) is 6.23. The van der Waals surface area contributed by atoms with E-state index < -0.39 is 11.7 Å². The van der Waals surface area contributed by atoms with Crippen molar-refractivity contribution in [3.8, 4) is 11.3 Å². The van der Waals surface area contributed by atoms with Gasteiger partial charge in [0.25, 0.3) is 0 Å². The molecule has 2 amide bonds. The number of alkyl halides is 3. The number of fused-ring (bicyclic) bond motifs is 1. The van der Waals surface area contributed by atoms with E-state index in [0.717, 1.165) is 11.7 Å². The number of aryl methyl sites for hydroxylation is 1. The molecule has 0 unspecified atom stereocenters. The molecule has 0 atom stereocenters. The van der Waals surface area contributed by atoms with Gasteiger partial charge in [0.05, 0.1) is 17.1 Å². The van der Waals surface area contributed by atoms with Crippen molar-refractivity contribution in [3.63, 3.8) is 0 Å². The van der Waals surface area contributed by atoms with E-state index in [1.807, 2.05) is 31.1 Å². The average Bonchev–Trinajstić information content (AvgIpc) is 3.20. The van der Waals surface area contributed by atoms with Gasteiger partial charge in [-0.05, 0) is 38.4 Å². The molecule has 4 aromatic rings. The van der Waals surface area contributed by atoms with Gasteiger partial charge in [-0.3, -0.25) is 9.59 Å². The summed E-state index contributed by atoms with van der Waals surface area (Å²) in [5, 5.41) is 6.30. The summed E-state index contributed by atoms with van der Waals surface area (Å²) in [6.07, 6.45) is -2.30. The fourth-order valence-corrected chi connectivity index (χ4v) is 4.40. The Kier molecular flexibility index (Phi) is 8.10. The van der Waals surface area contributed by atoms with Crippen LogP contribution in [0.25, 0.3) is 22.2 Å². The predicted molar refractivity (Wildman–Crippen MR) is 150 cm³/mol. The molecule has 0 saturated carbocycles. The first kappa shape index (κ1) is 28.6. The van der Waals surface area contributed by atoms with E-state index in [2.05, 4.69) is 20.6 Å². The highest BCUT2D eigenvalue weighted by Gasteiger charge is 2.36. The second-order valence-corrected chi connectivity index (χ2v) is 9.64. The van der Waals surface area contributed by atoms with Gasteiger partial charge >= 0.3 is 6.18 Å². The lowest BCUT2D eigenvalue weighted by Gasteiger charge is -2.26. The van der Waals surface area contributed by atoms with Crippen LogP contribution in [0.15, 0.2) is 54.9 Å². The van der Waals surface area contributed by atoms with Crippen molar-refractivity contribution in [1.29, 1.82) is 0 Å². The Balaban J connectivity index is 1.76. The Labute approximate surface area is 229 Å². The number of carbonyl (C=O) groups is 2. The number of hydrogen-bond donors (Lipinski definition) is 2. The fraction of sp³-hybridized carbons (Fsp3) is 0.286. The topological polar surface area (TPSA) is 95.4 Å². The van der Waals surface area contributed by atoms with Crippen molar-refractivity contribution in [2.45, 2.75) is 20.0 Å². The molecular formula is C28H30F3N7O2. The van der Waals surface area contributed by atoms with E-state index in [1.165, 1.54) is 13.8 Å². The maximum atomic E-state index is 14.0. The van der Waals surface area contributed by atoms with Crippen molar-refractivity contribution in [2.24, 2.45) is 7.05 Å². The molecule has 40 heavy (non-hydrogen) atoms. The number of benzene rings is 2. The number of anilines is 4. The zero-order chi connectivity index (χ0) is 29.2. The monoisotopic (exact) mass is 553 g/mol. The van der Waals surface area contributed by atoms with Crippen LogP contribution in [0.5, 0.6) is 0 Å². The molecule has 210 valence electrons. The van der Waals surface area contributed by atoms with Gasteiger partial charge in [0, 0.05) is 68.5 Å². The van der Waals surface area contributed by atoms with Gasteiger partial charge in [-0.25, -0.2) is 9.97 Å². The highest BCUT2D eigenvalue weighted by Crippen LogP contribution is 2.39. The predicted octanol–water partition coefficient (Wildman–Crippen LogP) is 5.27. The lowest BCUT2D eigenvalue weighted by molar-refractivity contribution is -0.137. The van der Waals surface area contributed by atoms with Gasteiger partial charge in [-0.1, -0.05) is 18.2 Å². The Morgan fingerprint density at radius 2 is 1.77 bits per heavy atom. The SMILES string of the molecule is CC(=O)Nc1cc(Nc2ncc(C(F)(F)F)c(-c3cn(C)c4ccccc34)n2)ccc1N(CCN(C)C)C(C)=O. The van der Waals surface area contributed by atoms with Crippen LogP contribution < -0.4 is 15.5 Å². The molecule has 0 aliphatic rings. The molecule has 2 aromatic heterocycles. The second kappa shape index (κ2) is 11.3. The van der Waals surface area contributed by atoms with E-state index in [4.69, 9.17) is 0 Å². The molecule has 0 aliphatic heterocycles. The molecular weight excluding hydrogens is 523 g/mol. The number of nitrogens with one attached hydrogen (secondary N) is 2. The highest BCUT2D eigenvalue weighted by molar-refractivity contribution is 6.00. The first-order valence-electron chi connectivity index (χ1n) is 12.5. The summed E-state index contributed by atoms with van der Waals surface area (Å²) in [5.41, 5.74) is 1.12. The average molecular weight is 554 g/mol. The molecule has 2 heterocycles. The highest BCUT2D eigenvalue weighted by atomic mass is 19.4. The van der Waals surface area contributed by atoms with Crippen LogP contribution in [0.4, 0.5) is 36.2 Å². The minimum atomic E-state index is -4.67. The van der Waals surface area contributed by atoms with Gasteiger partial charge in [0.2, 0.25) is 17.8 Å². The van der Waals surface area contributed by atoms with E-state index in [1.54, 1.807) is 53.0 Å². The Bertz CT molecular complexity index is 1560. The molecule has 2 N–H and O–H groups in total. The van der Waals surface area contributed by atoms with Crippen LogP contribution in [-0.2, 0) is 22.8 Å². The summed E-state index contributed by atoms with van der Waals surface area (Å²) in [4.78, 5) is 36.1. The molecule has 12 heteroatoms. The number of rotatable bonds is 8. The van der Waals surface area contributed by atoms with Crippen LogP contribution in [-0.4, -0.2) is 58.4 Å². The molecule has 2 aromatic carbocycles. The number of aromatic nitrogens is 3. The largest absolute Gasteiger partial charge is 0.419 e. The van der Waals surface area contributed by atoms with Crippen LogP contribution in [0.3, 0.4) is 0 Å². The van der Waals surface area contributed by atoms with Gasteiger partial charge in [-0.2, -0.15) is 13.2 Å². The maximum Gasteiger partial charge on any atom is 0.419 e. The summed E-state index contributed by atoms with van der Waals surface area (Å²) < 4.78 is 43.7. The Hall–Kier alpha value is -4.45. The molecule has 0 bridgehead atoms. The van der Waals surface area contributed by atoms with E-state index in [-0.39, 0.29) is 23.5 Å². The normalized spacial score (nSPS) is 11.6. The molecule has 0 saturated heterocycles. The summed E-state index contributed by atoms with van der Waals surface area (Å²) in [6.45, 7) is 3.76. The molecule has 0 aliphatic carbocycles. The summed E-state index contributed by atoms with van der Waals surface area (Å²) in [5.74, 6) is -0.619. The van der Waals surface area contributed by atoms with Crippen LogP contribution in [0.1, 0.15) is 19.4 Å². The number of para-hydroxylation sites is 1. The van der Waals surface area contributed by atoms with Crippen LogP contribution in [0.2, 0.25) is 0 Å². The van der Waals surface area contributed by atoms with Crippen molar-refractivity contribution < 1.29 is 22.8 Å². The lowest BCUT2D eigenvalue weighted by atomic mass is 10.1. The van der Waals surface area contributed by atoms with Crippen LogP contribution >= 0.6 is 0 Å². The molecule has 4 rings (SSSR count). The number of likely N-dealkylation sites (N-methyl/N-ethyl adjacent to an activating group) is 1. The lowest BCUT2D eigenvalue weighted by Crippen LogP contribution is -2.35. The van der Waals surface area contributed by atoms with E-state index in [0.29, 0.717) is 41.1 Å². The first-order chi connectivity index (χ1) is 18.8. The van der Waals surface area contributed by atoms with Gasteiger partial charge in [-0.15, -0.1) is 0 Å². The van der Waals surface area contributed by atoms with Gasteiger partial charge in [0.1, 0.15) is 5.56 Å². The summed E-state index contributed by atoms with van der Waals surface area (Å²) in [7, 11) is 5.53. The maximum absolute atomic E-state index is 14.0. The first-order valence-corrected chi connectivity index (χ1v) is 12.5. The Morgan fingerprint density at radius 1 is 1.05 bits per heavy atom. The third-order valence-corrected chi connectivity index (χ3v) is 6.25. The van der Waals surface area contributed by atoms with Crippen molar-refractivity contribution in [3.05, 3.63) is 60.4 Å². The van der Waals surface area contributed by atoms with E-state index >= 15 is 0 Å². The van der Waals surface area contributed by atoms with Gasteiger partial charge in [0.15, 0.2) is 0 Å². The van der Waals surface area contributed by atoms with Gasteiger partial charge < -0.3 is 25.0 Å². The van der Waals surface area contributed by atoms with Crippen molar-refractivity contribution >= 4 is 45.7 Å². The fourth-order valence-electron chi connectivity index (χ4n) is 4.40. The van der Waals surface area contributed by atoms with Crippen molar-refractivity contribution in [2.75, 3.05) is 42.7 Å². The quantitative estimate of drug-likeness (QED) is 0.309. The van der Waals surface area contributed by atoms with Crippen LogP contribution in [0, 0.1) is 0 Å². The number of nitrogens with zero attached hydrogens (tertiary/aromatic N) is 5.